The van der Waals surface area contributed by atoms with Crippen LogP contribution in [0.1, 0.15) is 11.1 Å². The first-order valence-corrected chi connectivity index (χ1v) is 16.4. The lowest BCUT2D eigenvalue weighted by atomic mass is 10.2. The number of rotatable bonds is 11. The summed E-state index contributed by atoms with van der Waals surface area (Å²) in [6.07, 6.45) is 0. The Morgan fingerprint density at radius 2 is 0.737 bits per heavy atom. The summed E-state index contributed by atoms with van der Waals surface area (Å²) in [6, 6.07) is 50.9. The van der Waals surface area contributed by atoms with Crippen molar-refractivity contribution in [3.05, 3.63) is 163 Å². The highest BCUT2D eigenvalue weighted by Crippen LogP contribution is 2.68. The predicted octanol–water partition coefficient (Wildman–Crippen LogP) is 7.56. The SMILES string of the molecule is O=P(C[P+](c1ccccc1)(c1ccccc1)c1ccccc1)(OCc1ccccc1)OCc1ccccc1. The van der Waals surface area contributed by atoms with Gasteiger partial charge in [0.1, 0.15) is 23.2 Å². The molecule has 0 aliphatic heterocycles. The fourth-order valence-electron chi connectivity index (χ4n) is 4.61. The summed E-state index contributed by atoms with van der Waals surface area (Å²) in [5, 5.41) is 3.43. The van der Waals surface area contributed by atoms with Crippen molar-refractivity contribution in [1.82, 2.24) is 0 Å². The van der Waals surface area contributed by atoms with Crippen molar-refractivity contribution >= 4 is 30.8 Å². The first kappa shape index (κ1) is 26.3. The summed E-state index contributed by atoms with van der Waals surface area (Å²) in [7, 11) is -6.05. The zero-order chi connectivity index (χ0) is 26.1. The molecule has 0 N–H and O–H groups in total. The largest absolute Gasteiger partial charge is 0.369 e. The summed E-state index contributed by atoms with van der Waals surface area (Å²) in [4.78, 5) is 0. The molecule has 0 aliphatic carbocycles. The predicted molar refractivity (Wildman–Crippen MR) is 160 cm³/mol. The smallest absolute Gasteiger partial charge is 0.301 e. The molecule has 0 saturated heterocycles. The van der Waals surface area contributed by atoms with Gasteiger partial charge in [-0.15, -0.1) is 0 Å². The summed E-state index contributed by atoms with van der Waals surface area (Å²) in [5.74, 6) is 0.262. The monoisotopic (exact) mass is 537 g/mol. The first-order valence-electron chi connectivity index (χ1n) is 12.7. The summed E-state index contributed by atoms with van der Waals surface area (Å²) in [6.45, 7) is 0.427. The lowest BCUT2D eigenvalue weighted by Crippen LogP contribution is -2.33. The van der Waals surface area contributed by atoms with Crippen LogP contribution in [0.2, 0.25) is 0 Å². The van der Waals surface area contributed by atoms with Gasteiger partial charge in [0, 0.05) is 0 Å². The second-order valence-electron chi connectivity index (χ2n) is 9.09. The van der Waals surface area contributed by atoms with Crippen LogP contribution < -0.4 is 15.9 Å². The third kappa shape index (κ3) is 6.21. The van der Waals surface area contributed by atoms with E-state index >= 15 is 0 Å². The normalized spacial score (nSPS) is 11.8. The topological polar surface area (TPSA) is 35.5 Å². The van der Waals surface area contributed by atoms with Gasteiger partial charge < -0.3 is 9.05 Å². The average Bonchev–Trinajstić information content (AvgIpc) is 3.00. The van der Waals surface area contributed by atoms with Crippen LogP contribution in [-0.4, -0.2) is 5.90 Å². The molecule has 190 valence electrons. The standard InChI is InChI=1S/C33H31O3P2/c34-38(35-26-29-16-6-1-7-17-29,36-27-30-18-8-2-9-19-30)28-37(31-20-10-3-11-21-31,32-22-12-4-13-23-32)33-24-14-5-15-25-33/h1-25H,26-28H2/q+1. The van der Waals surface area contributed by atoms with Gasteiger partial charge in [-0.05, 0) is 47.5 Å². The van der Waals surface area contributed by atoms with Crippen molar-refractivity contribution < 1.29 is 13.6 Å². The van der Waals surface area contributed by atoms with Crippen molar-refractivity contribution in [2.75, 3.05) is 5.90 Å². The molecule has 5 heteroatoms. The molecule has 5 aromatic rings. The number of hydrogen-bond donors (Lipinski definition) is 0. The minimum Gasteiger partial charge on any atom is -0.301 e. The Kier molecular flexibility index (Phi) is 8.64. The Balaban J connectivity index is 1.62. The molecule has 0 spiro atoms. The van der Waals surface area contributed by atoms with Crippen molar-refractivity contribution in [3.63, 3.8) is 0 Å². The van der Waals surface area contributed by atoms with Gasteiger partial charge >= 0.3 is 7.60 Å². The van der Waals surface area contributed by atoms with Crippen LogP contribution in [0.15, 0.2) is 152 Å². The van der Waals surface area contributed by atoms with E-state index in [1.807, 2.05) is 78.9 Å². The molecule has 0 saturated carbocycles. The summed E-state index contributed by atoms with van der Waals surface area (Å²) in [5.41, 5.74) is 1.92. The molecule has 0 atom stereocenters. The third-order valence-electron chi connectivity index (χ3n) is 6.52. The van der Waals surface area contributed by atoms with E-state index in [0.717, 1.165) is 27.0 Å². The summed E-state index contributed by atoms with van der Waals surface area (Å²) >= 11 is 0. The van der Waals surface area contributed by atoms with Crippen LogP contribution in [0, 0.1) is 0 Å². The second kappa shape index (κ2) is 12.5. The maximum atomic E-state index is 14.9. The van der Waals surface area contributed by atoms with Gasteiger partial charge in [0.2, 0.25) is 0 Å². The van der Waals surface area contributed by atoms with E-state index in [1.54, 1.807) is 0 Å². The van der Waals surface area contributed by atoms with Gasteiger partial charge in [0.25, 0.3) is 0 Å². The maximum absolute atomic E-state index is 14.9. The number of hydrogen-bond acceptors (Lipinski definition) is 3. The van der Waals surface area contributed by atoms with E-state index < -0.39 is 14.9 Å². The first-order chi connectivity index (χ1) is 18.7. The zero-order valence-electron chi connectivity index (χ0n) is 21.2. The highest BCUT2D eigenvalue weighted by molar-refractivity contribution is 8.00. The molecule has 0 aliphatic rings. The van der Waals surface area contributed by atoms with Crippen LogP contribution >= 0.6 is 14.9 Å². The van der Waals surface area contributed by atoms with Crippen LogP contribution in [-0.2, 0) is 26.8 Å². The fraction of sp³-hybridized carbons (Fsp3) is 0.0909. The quantitative estimate of drug-likeness (QED) is 0.163. The molecule has 0 fully saturated rings. The highest BCUT2D eigenvalue weighted by Gasteiger charge is 2.52. The zero-order valence-corrected chi connectivity index (χ0v) is 23.0. The molecule has 0 unspecified atom stereocenters. The molecule has 0 aromatic heterocycles. The Hall–Kier alpha value is -3.32. The van der Waals surface area contributed by atoms with Gasteiger partial charge in [-0.1, -0.05) is 115 Å². The lowest BCUT2D eigenvalue weighted by molar-refractivity contribution is 0.194. The minimum absolute atomic E-state index is 0.214. The molecule has 5 rings (SSSR count). The maximum Gasteiger partial charge on any atom is 0.369 e. The van der Waals surface area contributed by atoms with Crippen molar-refractivity contribution in [3.8, 4) is 0 Å². The molecule has 0 heterocycles. The van der Waals surface area contributed by atoms with Crippen molar-refractivity contribution in [2.45, 2.75) is 13.2 Å². The van der Waals surface area contributed by atoms with E-state index in [2.05, 4.69) is 72.8 Å². The number of benzene rings is 5. The van der Waals surface area contributed by atoms with Gasteiger partial charge in [-0.25, -0.2) is 0 Å². The minimum atomic E-state index is -3.62. The molecule has 38 heavy (non-hydrogen) atoms. The van der Waals surface area contributed by atoms with Crippen LogP contribution in [0.25, 0.3) is 0 Å². The Morgan fingerprint density at radius 1 is 0.447 bits per heavy atom. The van der Waals surface area contributed by atoms with Crippen molar-refractivity contribution in [1.29, 1.82) is 0 Å². The van der Waals surface area contributed by atoms with Crippen LogP contribution in [0.4, 0.5) is 0 Å². The third-order valence-corrected chi connectivity index (χ3v) is 14.2. The van der Waals surface area contributed by atoms with Gasteiger partial charge in [0.05, 0.1) is 13.2 Å². The van der Waals surface area contributed by atoms with E-state index in [9.17, 15) is 4.57 Å². The van der Waals surface area contributed by atoms with E-state index in [1.165, 1.54) is 0 Å². The van der Waals surface area contributed by atoms with Gasteiger partial charge in [-0.2, -0.15) is 0 Å². The van der Waals surface area contributed by atoms with E-state index in [4.69, 9.17) is 9.05 Å². The fourth-order valence-corrected chi connectivity index (χ4v) is 13.0. The lowest BCUT2D eigenvalue weighted by Gasteiger charge is -2.30. The van der Waals surface area contributed by atoms with E-state index in [-0.39, 0.29) is 19.1 Å². The second-order valence-corrected chi connectivity index (χ2v) is 15.1. The Morgan fingerprint density at radius 3 is 1.05 bits per heavy atom. The van der Waals surface area contributed by atoms with Crippen LogP contribution in [0.3, 0.4) is 0 Å². The molecule has 0 radical (unpaired) electrons. The van der Waals surface area contributed by atoms with E-state index in [0.29, 0.717) is 0 Å². The molecular formula is C33H31O3P2+. The molecule has 5 aromatic carbocycles. The molecular weight excluding hydrogens is 506 g/mol. The Bertz CT molecular complexity index is 1300. The average molecular weight is 538 g/mol. The van der Waals surface area contributed by atoms with Crippen molar-refractivity contribution in [2.24, 2.45) is 0 Å². The highest BCUT2D eigenvalue weighted by atomic mass is 31.2. The molecule has 0 amide bonds. The van der Waals surface area contributed by atoms with Crippen LogP contribution in [0.5, 0.6) is 0 Å². The Labute approximate surface area is 226 Å². The molecule has 0 bridgehead atoms. The van der Waals surface area contributed by atoms with Gasteiger partial charge in [0.15, 0.2) is 5.90 Å². The molecule has 3 nitrogen and oxygen atoms in total. The summed E-state index contributed by atoms with van der Waals surface area (Å²) < 4.78 is 27.5. The van der Waals surface area contributed by atoms with Gasteiger partial charge in [-0.3, -0.25) is 4.57 Å².